The molecular weight excluding hydrogens is 465 g/mol. The molecule has 0 heterocycles. The minimum atomic E-state index is -6.51. The van der Waals surface area contributed by atoms with Gasteiger partial charge in [-0.1, -0.05) is 6.58 Å². The first-order valence-corrected chi connectivity index (χ1v) is 10.5. The first-order valence-electron chi connectivity index (χ1n) is 10.5. The van der Waals surface area contributed by atoms with E-state index in [1.807, 2.05) is 0 Å². The first-order chi connectivity index (χ1) is 15.0. The van der Waals surface area contributed by atoms with E-state index in [1.165, 1.54) is 6.92 Å². The summed E-state index contributed by atoms with van der Waals surface area (Å²) in [5.41, 5.74) is -0.399. The molecule has 0 aromatic rings. The van der Waals surface area contributed by atoms with Crippen molar-refractivity contribution in [3.05, 3.63) is 12.2 Å². The summed E-state index contributed by atoms with van der Waals surface area (Å²) in [5.74, 6) is -13.9. The van der Waals surface area contributed by atoms with Gasteiger partial charge in [0.15, 0.2) is 12.7 Å². The Labute approximate surface area is 185 Å². The number of esters is 2. The third kappa shape index (κ3) is 4.85. The van der Waals surface area contributed by atoms with Gasteiger partial charge in [-0.05, 0) is 63.7 Å². The van der Waals surface area contributed by atoms with E-state index in [1.54, 1.807) is 0 Å². The molecule has 4 fully saturated rings. The summed E-state index contributed by atoms with van der Waals surface area (Å²) in [6, 6.07) is 0. The van der Waals surface area contributed by atoms with Crippen molar-refractivity contribution in [3.8, 4) is 0 Å². The van der Waals surface area contributed by atoms with E-state index in [4.69, 9.17) is 9.47 Å². The van der Waals surface area contributed by atoms with Crippen molar-refractivity contribution in [2.24, 2.45) is 17.8 Å². The molecule has 4 aliphatic carbocycles. The van der Waals surface area contributed by atoms with E-state index in [2.05, 4.69) is 11.3 Å². The zero-order chi connectivity index (χ0) is 25.0. The van der Waals surface area contributed by atoms with Gasteiger partial charge in [-0.2, -0.15) is 30.7 Å². The Morgan fingerprint density at radius 2 is 1.58 bits per heavy atom. The second-order valence-electron chi connectivity index (χ2n) is 9.45. The third-order valence-electron chi connectivity index (χ3n) is 6.69. The lowest BCUT2D eigenvalue weighted by molar-refractivity contribution is -0.360. The van der Waals surface area contributed by atoms with Gasteiger partial charge in [0.05, 0.1) is 6.10 Å². The molecular formula is C21H25F7O5. The fourth-order valence-corrected chi connectivity index (χ4v) is 5.40. The minimum absolute atomic E-state index is 0.0968. The Morgan fingerprint density at radius 1 is 1.03 bits per heavy atom. The quantitative estimate of drug-likeness (QED) is 0.277. The van der Waals surface area contributed by atoms with Crippen LogP contribution in [0.15, 0.2) is 12.2 Å². The molecule has 3 unspecified atom stereocenters. The van der Waals surface area contributed by atoms with Crippen LogP contribution in [0.3, 0.4) is 0 Å². The molecule has 188 valence electrons. The van der Waals surface area contributed by atoms with Gasteiger partial charge in [-0.3, -0.25) is 0 Å². The monoisotopic (exact) mass is 490 g/mol. The average Bonchev–Trinajstić information content (AvgIpc) is 2.66. The van der Waals surface area contributed by atoms with Gasteiger partial charge < -0.3 is 14.2 Å². The van der Waals surface area contributed by atoms with Crippen molar-refractivity contribution < 1.29 is 54.5 Å². The number of carbonyl (C=O) groups is 2. The standard InChI is InChI=1S/C21H25F7O5/c1-10(2)16(29)33-18-6-12-4-13(7-18)15(14(5-12)8-18)32-11(3)17(30)31-9-19(22,23)20(24,25)21(26,27)28/h11-15H,1,4-9H2,2-3H3. The van der Waals surface area contributed by atoms with Gasteiger partial charge in [-0.15, -0.1) is 0 Å². The first kappa shape index (κ1) is 25.8. The zero-order valence-corrected chi connectivity index (χ0v) is 18.0. The van der Waals surface area contributed by atoms with Crippen molar-refractivity contribution >= 4 is 11.9 Å². The predicted molar refractivity (Wildman–Crippen MR) is 98.4 cm³/mol. The normalized spacial score (nSPS) is 32.4. The van der Waals surface area contributed by atoms with E-state index in [-0.39, 0.29) is 23.3 Å². The lowest BCUT2D eigenvalue weighted by Gasteiger charge is -2.58. The van der Waals surface area contributed by atoms with Crippen molar-refractivity contribution in [1.29, 1.82) is 0 Å². The van der Waals surface area contributed by atoms with Crippen LogP contribution in [0, 0.1) is 17.8 Å². The molecule has 4 bridgehead atoms. The number of ether oxygens (including phenoxy) is 3. The summed E-state index contributed by atoms with van der Waals surface area (Å²) in [6.45, 7) is 3.83. The lowest BCUT2D eigenvalue weighted by atomic mass is 9.53. The van der Waals surface area contributed by atoms with Crippen molar-refractivity contribution in [1.82, 2.24) is 0 Å². The fraction of sp³-hybridized carbons (Fsp3) is 0.810. The van der Waals surface area contributed by atoms with E-state index in [0.717, 1.165) is 19.8 Å². The highest BCUT2D eigenvalue weighted by atomic mass is 19.4. The summed E-state index contributed by atoms with van der Waals surface area (Å²) in [6.07, 6.45) is -5.32. The van der Waals surface area contributed by atoms with Crippen LogP contribution in [0.1, 0.15) is 46.0 Å². The molecule has 0 amide bonds. The molecule has 0 radical (unpaired) electrons. The summed E-state index contributed by atoms with van der Waals surface area (Å²) in [7, 11) is 0. The second-order valence-corrected chi connectivity index (χ2v) is 9.45. The third-order valence-corrected chi connectivity index (χ3v) is 6.69. The van der Waals surface area contributed by atoms with Crippen LogP contribution in [0.25, 0.3) is 0 Å². The molecule has 0 saturated heterocycles. The van der Waals surface area contributed by atoms with Crippen LogP contribution in [-0.4, -0.2) is 54.4 Å². The minimum Gasteiger partial charge on any atom is -0.457 e. The summed E-state index contributed by atoms with van der Waals surface area (Å²) < 4.78 is 105. The molecule has 0 aliphatic heterocycles. The average molecular weight is 490 g/mol. The highest BCUT2D eigenvalue weighted by Crippen LogP contribution is 2.58. The van der Waals surface area contributed by atoms with Crippen LogP contribution < -0.4 is 0 Å². The SMILES string of the molecule is C=C(C)C(=O)OC12CC3CC(C1)C(OC(C)C(=O)OCC(F)(F)C(F)(F)C(F)(F)F)C(C3)C2. The number of alkyl halides is 7. The molecule has 0 N–H and O–H groups in total. The summed E-state index contributed by atoms with van der Waals surface area (Å²) in [4.78, 5) is 24.1. The highest BCUT2D eigenvalue weighted by Gasteiger charge is 2.73. The van der Waals surface area contributed by atoms with Gasteiger partial charge in [0.1, 0.15) is 5.60 Å². The van der Waals surface area contributed by atoms with E-state index in [0.29, 0.717) is 19.3 Å². The Bertz CT molecular complexity index is 793. The van der Waals surface area contributed by atoms with Crippen LogP contribution in [0.5, 0.6) is 0 Å². The fourth-order valence-electron chi connectivity index (χ4n) is 5.40. The summed E-state index contributed by atoms with van der Waals surface area (Å²) >= 11 is 0. The van der Waals surface area contributed by atoms with Crippen molar-refractivity contribution in [2.45, 2.75) is 81.8 Å². The van der Waals surface area contributed by atoms with E-state index >= 15 is 0 Å². The van der Waals surface area contributed by atoms with Gasteiger partial charge in [0.25, 0.3) is 0 Å². The predicted octanol–water partition coefficient (Wildman–Crippen LogP) is 4.83. The largest absolute Gasteiger partial charge is 0.460 e. The molecule has 0 aromatic heterocycles. The lowest BCUT2D eigenvalue weighted by Crippen LogP contribution is -2.59. The Balaban J connectivity index is 1.59. The molecule has 0 spiro atoms. The number of hydrogen-bond donors (Lipinski definition) is 0. The smallest absolute Gasteiger partial charge is 0.457 e. The number of carbonyl (C=O) groups excluding carboxylic acids is 2. The van der Waals surface area contributed by atoms with Gasteiger partial charge in [0, 0.05) is 5.57 Å². The maximum atomic E-state index is 13.4. The van der Waals surface area contributed by atoms with Crippen molar-refractivity contribution in [3.63, 3.8) is 0 Å². The molecule has 4 saturated carbocycles. The highest BCUT2D eigenvalue weighted by molar-refractivity contribution is 5.87. The zero-order valence-electron chi connectivity index (χ0n) is 18.0. The van der Waals surface area contributed by atoms with Gasteiger partial charge >= 0.3 is 30.0 Å². The van der Waals surface area contributed by atoms with Crippen LogP contribution in [-0.2, 0) is 23.8 Å². The number of hydrogen-bond acceptors (Lipinski definition) is 5. The van der Waals surface area contributed by atoms with Crippen LogP contribution in [0.4, 0.5) is 30.7 Å². The number of halogens is 7. The van der Waals surface area contributed by atoms with E-state index in [9.17, 15) is 40.3 Å². The molecule has 0 aromatic carbocycles. The Kier molecular flexibility index (Phi) is 6.58. The van der Waals surface area contributed by atoms with Crippen LogP contribution >= 0.6 is 0 Å². The number of rotatable bonds is 8. The van der Waals surface area contributed by atoms with Gasteiger partial charge in [-0.25, -0.2) is 9.59 Å². The molecule has 12 heteroatoms. The maximum Gasteiger partial charge on any atom is 0.460 e. The van der Waals surface area contributed by atoms with Crippen molar-refractivity contribution in [2.75, 3.05) is 6.61 Å². The molecule has 3 atom stereocenters. The molecule has 4 rings (SSSR count). The molecule has 4 aliphatic rings. The Hall–Kier alpha value is -1.85. The Morgan fingerprint density at radius 3 is 2.06 bits per heavy atom. The van der Waals surface area contributed by atoms with Crippen LogP contribution in [0.2, 0.25) is 0 Å². The second kappa shape index (κ2) is 8.42. The maximum absolute atomic E-state index is 13.4. The summed E-state index contributed by atoms with van der Waals surface area (Å²) in [5, 5.41) is 0. The van der Waals surface area contributed by atoms with E-state index < -0.39 is 54.4 Å². The topological polar surface area (TPSA) is 61.8 Å². The van der Waals surface area contributed by atoms with Gasteiger partial charge in [0.2, 0.25) is 0 Å². The molecule has 5 nitrogen and oxygen atoms in total. The molecule has 33 heavy (non-hydrogen) atoms.